The van der Waals surface area contributed by atoms with E-state index in [0.29, 0.717) is 16.6 Å². The summed E-state index contributed by atoms with van der Waals surface area (Å²) in [6.45, 7) is 15.5. The molecule has 5 nitrogen and oxygen atoms in total. The summed E-state index contributed by atoms with van der Waals surface area (Å²) in [5, 5.41) is 10.3. The Labute approximate surface area is 426 Å². The minimum atomic E-state index is -2.33. The maximum Gasteiger partial charge on any atom is 3.00 e. The molecule has 69 heavy (non-hydrogen) atoms. The standard InChI is InChI=1S/C44H35FN4S.C15H17FNSi.Ir/c1-24(2)32-21-28(27-11-7-6-8-12-27)22-33(25(3)4)40(32)49-41-30-18-17-26(5)46-38(30)19-20-39(41)47-43(49)31-14-9-13-29-34-23-35-36(45)15-10-16-37(35)48-44(34)50-42(29)31;1-11-5-7-13(14(16)9-11)15-8-6-12(10-17-15)18(2,3)4;/h6-13,15-25,43H,1-5H3;5-6,8-10H,1-4H3;/q-2;-1;+3/i;1D3;. The van der Waals surface area contributed by atoms with Crippen molar-refractivity contribution in [3.63, 3.8) is 0 Å². The van der Waals surface area contributed by atoms with E-state index in [1.165, 1.54) is 45.3 Å². The van der Waals surface area contributed by atoms with Gasteiger partial charge in [0.2, 0.25) is 0 Å². The van der Waals surface area contributed by atoms with Gasteiger partial charge in [-0.15, -0.1) is 40.4 Å². The summed E-state index contributed by atoms with van der Waals surface area (Å²) in [7, 11) is -1.45. The molecule has 1 atom stereocenters. The van der Waals surface area contributed by atoms with Crippen LogP contribution in [-0.2, 0) is 20.1 Å². The molecule has 0 radical (unpaired) electrons. The molecule has 6 aromatic carbocycles. The van der Waals surface area contributed by atoms with Gasteiger partial charge in [-0.1, -0.05) is 119 Å². The fraction of sp³-hybridized carbons (Fsp3) is 0.203. The van der Waals surface area contributed by atoms with E-state index < -0.39 is 26.9 Å². The summed E-state index contributed by atoms with van der Waals surface area (Å²) >= 11 is 1.63. The van der Waals surface area contributed by atoms with Gasteiger partial charge in [0.1, 0.15) is 10.6 Å². The molecule has 0 saturated heterocycles. The number of hydrogen-bond acceptors (Lipinski definition) is 5. The summed E-state index contributed by atoms with van der Waals surface area (Å²) < 4.78 is 51.9. The Hall–Kier alpha value is -6.16. The number of thiophene rings is 1. The van der Waals surface area contributed by atoms with Crippen LogP contribution in [0.15, 0.2) is 134 Å². The van der Waals surface area contributed by atoms with Crippen molar-refractivity contribution in [2.45, 2.75) is 79.1 Å². The van der Waals surface area contributed by atoms with Gasteiger partial charge in [0, 0.05) is 44.0 Å². The predicted octanol–water partition coefficient (Wildman–Crippen LogP) is 16.7. The zero-order chi connectivity index (χ0) is 50.1. The molecule has 0 spiro atoms. The van der Waals surface area contributed by atoms with E-state index in [1.54, 1.807) is 29.7 Å². The molecule has 10 aromatic rings. The first kappa shape index (κ1) is 44.1. The predicted molar refractivity (Wildman–Crippen MR) is 284 cm³/mol. The normalized spacial score (nSPS) is 14.3. The van der Waals surface area contributed by atoms with E-state index in [-0.39, 0.29) is 48.9 Å². The zero-order valence-corrected chi connectivity index (χ0v) is 43.9. The van der Waals surface area contributed by atoms with Crippen LogP contribution in [0.3, 0.4) is 0 Å². The van der Waals surface area contributed by atoms with E-state index in [2.05, 4.69) is 142 Å². The second kappa shape index (κ2) is 19.0. The maximum absolute atomic E-state index is 15.0. The Morgan fingerprint density at radius 3 is 2.16 bits per heavy atom. The second-order valence-corrected chi connectivity index (χ2v) is 25.3. The summed E-state index contributed by atoms with van der Waals surface area (Å²) in [6, 6.07) is 47.4. The largest absolute Gasteiger partial charge is 3.00 e. The third kappa shape index (κ3) is 9.00. The Morgan fingerprint density at radius 1 is 0.725 bits per heavy atom. The van der Waals surface area contributed by atoms with Crippen molar-refractivity contribution in [1.82, 2.24) is 15.0 Å². The molecule has 0 saturated carbocycles. The zero-order valence-electron chi connectivity index (χ0n) is 42.7. The van der Waals surface area contributed by atoms with Crippen molar-refractivity contribution in [1.29, 1.82) is 0 Å². The van der Waals surface area contributed by atoms with Gasteiger partial charge in [-0.25, -0.2) is 9.37 Å². The average molecular weight is 1120 g/mol. The van der Waals surface area contributed by atoms with E-state index >= 15 is 0 Å². The van der Waals surface area contributed by atoms with Gasteiger partial charge in [0.05, 0.1) is 19.1 Å². The topological polar surface area (TPSA) is 56.0 Å². The second-order valence-electron chi connectivity index (χ2n) is 19.2. The molecule has 1 aliphatic rings. The number of fused-ring (bicyclic) bond motifs is 7. The maximum atomic E-state index is 15.0. The molecule has 0 amide bonds. The summed E-state index contributed by atoms with van der Waals surface area (Å²) in [5.74, 6) is -0.399. The first-order valence-electron chi connectivity index (χ1n) is 24.5. The molecule has 0 aliphatic carbocycles. The fourth-order valence-electron chi connectivity index (χ4n) is 9.19. The third-order valence-electron chi connectivity index (χ3n) is 12.7. The summed E-state index contributed by atoms with van der Waals surface area (Å²) in [6.07, 6.45) is 1.38. The van der Waals surface area contributed by atoms with Crippen LogP contribution in [0.1, 0.15) is 77.8 Å². The molecule has 5 heterocycles. The summed E-state index contributed by atoms with van der Waals surface area (Å²) in [5.41, 5.74) is 12.3. The monoisotopic (exact) mass is 1120 g/mol. The van der Waals surface area contributed by atoms with Crippen molar-refractivity contribution in [2.24, 2.45) is 0 Å². The third-order valence-corrected chi connectivity index (χ3v) is 15.9. The Bertz CT molecular complexity index is 3640. The van der Waals surface area contributed by atoms with E-state index in [0.717, 1.165) is 59.9 Å². The van der Waals surface area contributed by atoms with Gasteiger partial charge in [0.15, 0.2) is 0 Å². The number of anilines is 2. The number of aromatic nitrogens is 3. The molecule has 11 rings (SSSR count). The molecule has 0 N–H and O–H groups in total. The van der Waals surface area contributed by atoms with E-state index in [9.17, 15) is 8.78 Å². The van der Waals surface area contributed by atoms with Crippen molar-refractivity contribution in [2.75, 3.05) is 4.90 Å². The first-order chi connectivity index (χ1) is 33.8. The average Bonchev–Trinajstić information content (AvgIpc) is 3.91. The number of hydrogen-bond donors (Lipinski definition) is 0. The number of rotatable bonds is 7. The van der Waals surface area contributed by atoms with Gasteiger partial charge in [0.25, 0.3) is 0 Å². The molecule has 4 aromatic heterocycles. The van der Waals surface area contributed by atoms with Crippen molar-refractivity contribution in [3.05, 3.63) is 191 Å². The molecule has 0 bridgehead atoms. The van der Waals surface area contributed by atoms with Crippen LogP contribution < -0.4 is 10.1 Å². The van der Waals surface area contributed by atoms with Crippen molar-refractivity contribution >= 4 is 83.8 Å². The van der Waals surface area contributed by atoms with Gasteiger partial charge < -0.3 is 15.2 Å². The van der Waals surface area contributed by atoms with Gasteiger partial charge in [-0.2, -0.15) is 29.5 Å². The van der Waals surface area contributed by atoms with Crippen molar-refractivity contribution < 1.29 is 33.0 Å². The number of aryl methyl sites for hydroxylation is 2. The molecule has 0 fully saturated rings. The van der Waals surface area contributed by atoms with E-state index in [4.69, 9.17) is 19.4 Å². The van der Waals surface area contributed by atoms with Crippen LogP contribution in [0.5, 0.6) is 0 Å². The smallest absolute Gasteiger partial charge is 0.661 e. The Kier molecular flexibility index (Phi) is 12.1. The number of halogens is 2. The molecular weight excluding hydrogens is 1070 g/mol. The molecule has 10 heteroatoms. The van der Waals surface area contributed by atoms with Crippen LogP contribution in [-0.4, -0.2) is 23.0 Å². The first-order valence-corrected chi connectivity index (χ1v) is 27.3. The molecular formula is C59H52F2IrN5SSi. The Morgan fingerprint density at radius 2 is 1.48 bits per heavy atom. The van der Waals surface area contributed by atoms with Gasteiger partial charge >= 0.3 is 20.1 Å². The van der Waals surface area contributed by atoms with E-state index in [1.807, 2.05) is 31.2 Å². The van der Waals surface area contributed by atoms with Crippen LogP contribution in [0.4, 0.5) is 25.8 Å². The number of benzene rings is 6. The van der Waals surface area contributed by atoms with Crippen LogP contribution in [0.2, 0.25) is 19.6 Å². The summed E-state index contributed by atoms with van der Waals surface area (Å²) in [4.78, 5) is 17.5. The number of pyridine rings is 3. The van der Waals surface area contributed by atoms with Crippen LogP contribution in [0, 0.1) is 37.5 Å². The van der Waals surface area contributed by atoms with Crippen LogP contribution >= 0.6 is 11.3 Å². The minimum absolute atomic E-state index is 0. The number of nitrogens with zero attached hydrogens (tertiary/aromatic N) is 5. The SMILES string of the molecule is Cc1ccc2c3c(ccc2n1)[N-]C(c1[c-]ccc2c1sc1nc4cccc(F)c4cc12)N3c1c(C(C)C)cc(-c2ccccc2)cc1C(C)C.[2H]C([2H])([2H])c1c[c-]c(-c2ccc([Si](C)(C)C)cn2)c(F)c1.[Ir+3]. The van der Waals surface area contributed by atoms with Gasteiger partial charge in [-0.05, 0) is 112 Å². The minimum Gasteiger partial charge on any atom is -0.661 e. The quantitative estimate of drug-likeness (QED) is 0.118. The fourth-order valence-corrected chi connectivity index (χ4v) is 11.4. The Balaban J connectivity index is 0.000000245. The molecule has 1 unspecified atom stereocenters. The van der Waals surface area contributed by atoms with Crippen molar-refractivity contribution in [3.8, 4) is 22.4 Å². The molecule has 346 valence electrons. The van der Waals surface area contributed by atoms with Crippen LogP contribution in [0.25, 0.3) is 69.8 Å². The molecule has 1 aliphatic heterocycles. The van der Waals surface area contributed by atoms with Gasteiger partial charge in [-0.3, -0.25) is 9.37 Å².